The fourth-order valence-corrected chi connectivity index (χ4v) is 2.22. The van der Waals surface area contributed by atoms with E-state index in [4.69, 9.17) is 0 Å². The van der Waals surface area contributed by atoms with Gasteiger partial charge in [0.25, 0.3) is 0 Å². The normalized spacial score (nSPS) is 14.6. The van der Waals surface area contributed by atoms with Crippen molar-refractivity contribution in [2.45, 2.75) is 13.0 Å². The minimum atomic E-state index is -0.342. The van der Waals surface area contributed by atoms with Crippen LogP contribution in [0.4, 0.5) is 9.18 Å². The van der Waals surface area contributed by atoms with Gasteiger partial charge in [0.2, 0.25) is 0 Å². The van der Waals surface area contributed by atoms with Crippen LogP contribution in [0.25, 0.3) is 0 Å². The molecular formula is C11H11BrFNO2. The highest BCUT2D eigenvalue weighted by molar-refractivity contribution is 9.10. The maximum absolute atomic E-state index is 13.3. The molecule has 86 valence electrons. The molecule has 0 bridgehead atoms. The minimum absolute atomic E-state index is 0.259. The number of rotatable bonds is 0. The Morgan fingerprint density at radius 3 is 2.94 bits per heavy atom. The molecule has 0 aromatic heterocycles. The Hall–Kier alpha value is -1.10. The van der Waals surface area contributed by atoms with Gasteiger partial charge in [0, 0.05) is 13.1 Å². The van der Waals surface area contributed by atoms with Gasteiger partial charge in [0.15, 0.2) is 0 Å². The number of halogens is 2. The van der Waals surface area contributed by atoms with Crippen molar-refractivity contribution < 1.29 is 13.9 Å². The molecule has 5 heteroatoms. The molecule has 1 amide bonds. The van der Waals surface area contributed by atoms with E-state index in [1.54, 1.807) is 11.0 Å². The van der Waals surface area contributed by atoms with Gasteiger partial charge in [-0.05, 0) is 45.6 Å². The Kier molecular flexibility index (Phi) is 3.14. The van der Waals surface area contributed by atoms with E-state index in [9.17, 15) is 9.18 Å². The second-order valence-corrected chi connectivity index (χ2v) is 4.53. The van der Waals surface area contributed by atoms with E-state index in [1.165, 1.54) is 13.2 Å². The molecule has 0 spiro atoms. The van der Waals surface area contributed by atoms with E-state index in [0.717, 1.165) is 11.1 Å². The van der Waals surface area contributed by atoms with Crippen LogP contribution in [0.2, 0.25) is 0 Å². The fourth-order valence-electron chi connectivity index (χ4n) is 1.83. The number of hydrogen-bond acceptors (Lipinski definition) is 2. The van der Waals surface area contributed by atoms with Gasteiger partial charge in [0.05, 0.1) is 11.6 Å². The van der Waals surface area contributed by atoms with Crippen molar-refractivity contribution in [3.8, 4) is 0 Å². The summed E-state index contributed by atoms with van der Waals surface area (Å²) in [7, 11) is 1.36. The average Bonchev–Trinajstić information content (AvgIpc) is 2.29. The van der Waals surface area contributed by atoms with Gasteiger partial charge in [-0.3, -0.25) is 0 Å². The summed E-state index contributed by atoms with van der Waals surface area (Å²) in [4.78, 5) is 13.0. The van der Waals surface area contributed by atoms with Gasteiger partial charge in [0.1, 0.15) is 5.82 Å². The van der Waals surface area contributed by atoms with Crippen LogP contribution in [0.1, 0.15) is 11.1 Å². The van der Waals surface area contributed by atoms with Crippen LogP contribution in [0.5, 0.6) is 0 Å². The summed E-state index contributed by atoms with van der Waals surface area (Å²) in [5, 5.41) is 0. The van der Waals surface area contributed by atoms with Gasteiger partial charge in [-0.15, -0.1) is 0 Å². The number of hydrogen-bond donors (Lipinski definition) is 0. The number of fused-ring (bicyclic) bond motifs is 1. The van der Waals surface area contributed by atoms with Crippen molar-refractivity contribution in [3.63, 3.8) is 0 Å². The van der Waals surface area contributed by atoms with Crippen LogP contribution in [0, 0.1) is 5.82 Å². The summed E-state index contributed by atoms with van der Waals surface area (Å²) in [5.41, 5.74) is 1.92. The Morgan fingerprint density at radius 2 is 2.25 bits per heavy atom. The first-order valence-corrected chi connectivity index (χ1v) is 5.71. The molecule has 3 nitrogen and oxygen atoms in total. The molecule has 1 aliphatic heterocycles. The van der Waals surface area contributed by atoms with Crippen LogP contribution in [-0.4, -0.2) is 24.6 Å². The average molecular weight is 288 g/mol. The van der Waals surface area contributed by atoms with E-state index in [2.05, 4.69) is 20.7 Å². The molecule has 0 unspecified atom stereocenters. The van der Waals surface area contributed by atoms with E-state index in [-0.39, 0.29) is 11.9 Å². The number of carbonyl (C=O) groups is 1. The number of ether oxygens (including phenoxy) is 1. The highest BCUT2D eigenvalue weighted by Crippen LogP contribution is 2.25. The lowest BCUT2D eigenvalue weighted by molar-refractivity contribution is 0.118. The molecule has 0 saturated heterocycles. The number of benzene rings is 1. The third-order valence-electron chi connectivity index (χ3n) is 2.69. The van der Waals surface area contributed by atoms with E-state index < -0.39 is 0 Å². The summed E-state index contributed by atoms with van der Waals surface area (Å²) in [6.07, 6.45) is 0.320. The SMILES string of the molecule is COC(=O)N1CCc2cc(F)c(Br)cc2C1. The summed E-state index contributed by atoms with van der Waals surface area (Å²) in [5.74, 6) is -0.259. The molecule has 1 heterocycles. The molecule has 0 atom stereocenters. The second kappa shape index (κ2) is 4.41. The minimum Gasteiger partial charge on any atom is -0.453 e. The second-order valence-electron chi connectivity index (χ2n) is 3.68. The zero-order valence-electron chi connectivity index (χ0n) is 8.80. The zero-order chi connectivity index (χ0) is 11.7. The molecule has 1 aliphatic rings. The molecule has 0 aliphatic carbocycles. The lowest BCUT2D eigenvalue weighted by Crippen LogP contribution is -2.35. The summed E-state index contributed by atoms with van der Waals surface area (Å²) >= 11 is 3.14. The van der Waals surface area contributed by atoms with Gasteiger partial charge in [-0.1, -0.05) is 0 Å². The van der Waals surface area contributed by atoms with Crippen molar-refractivity contribution in [3.05, 3.63) is 33.5 Å². The smallest absolute Gasteiger partial charge is 0.409 e. The van der Waals surface area contributed by atoms with Gasteiger partial charge >= 0.3 is 6.09 Å². The highest BCUT2D eigenvalue weighted by atomic mass is 79.9. The van der Waals surface area contributed by atoms with Gasteiger partial charge in [-0.25, -0.2) is 9.18 Å². The topological polar surface area (TPSA) is 29.5 Å². The first-order valence-electron chi connectivity index (χ1n) is 4.91. The first-order chi connectivity index (χ1) is 7.61. The molecule has 0 N–H and O–H groups in total. The third kappa shape index (κ3) is 2.04. The van der Waals surface area contributed by atoms with Crippen LogP contribution in [0.15, 0.2) is 16.6 Å². The van der Waals surface area contributed by atoms with Crippen LogP contribution in [0.3, 0.4) is 0 Å². The van der Waals surface area contributed by atoms with E-state index >= 15 is 0 Å². The van der Waals surface area contributed by atoms with E-state index in [1.807, 2.05) is 0 Å². The Labute approximate surface area is 101 Å². The number of nitrogens with zero attached hydrogens (tertiary/aromatic N) is 1. The standard InChI is InChI=1S/C11H11BrFNO2/c1-16-11(15)14-3-2-7-5-10(13)9(12)4-8(7)6-14/h4-5H,2-3,6H2,1H3. The number of carbonyl (C=O) groups excluding carboxylic acids is 1. The summed E-state index contributed by atoms with van der Waals surface area (Å²) < 4.78 is 18.4. The maximum atomic E-state index is 13.3. The van der Waals surface area contributed by atoms with Crippen molar-refractivity contribution in [2.24, 2.45) is 0 Å². The predicted octanol–water partition coefficient (Wildman–Crippen LogP) is 2.71. The predicted molar refractivity (Wildman–Crippen MR) is 60.6 cm³/mol. The van der Waals surface area contributed by atoms with Crippen LogP contribution < -0.4 is 0 Å². The first kappa shape index (κ1) is 11.4. The van der Waals surface area contributed by atoms with Crippen molar-refractivity contribution in [1.82, 2.24) is 4.90 Å². The van der Waals surface area contributed by atoms with Crippen LogP contribution >= 0.6 is 15.9 Å². The largest absolute Gasteiger partial charge is 0.453 e. The Balaban J connectivity index is 2.27. The molecule has 1 aromatic rings. The van der Waals surface area contributed by atoms with Gasteiger partial charge < -0.3 is 9.64 Å². The molecule has 1 aromatic carbocycles. The molecule has 0 radical (unpaired) electrons. The number of methoxy groups -OCH3 is 1. The highest BCUT2D eigenvalue weighted by Gasteiger charge is 2.22. The monoisotopic (exact) mass is 287 g/mol. The molecule has 2 rings (SSSR count). The molecule has 0 saturated carbocycles. The fraction of sp³-hybridized carbons (Fsp3) is 0.364. The maximum Gasteiger partial charge on any atom is 0.409 e. The lowest BCUT2D eigenvalue weighted by Gasteiger charge is -2.27. The quantitative estimate of drug-likeness (QED) is 0.734. The molecule has 16 heavy (non-hydrogen) atoms. The van der Waals surface area contributed by atoms with Crippen molar-refractivity contribution >= 4 is 22.0 Å². The molecule has 0 fully saturated rings. The van der Waals surface area contributed by atoms with Crippen molar-refractivity contribution in [1.29, 1.82) is 0 Å². The van der Waals surface area contributed by atoms with Crippen LogP contribution in [-0.2, 0) is 17.7 Å². The van der Waals surface area contributed by atoms with Gasteiger partial charge in [-0.2, -0.15) is 0 Å². The Morgan fingerprint density at radius 1 is 1.50 bits per heavy atom. The Bertz CT molecular complexity index is 436. The summed E-state index contributed by atoms with van der Waals surface area (Å²) in [6.45, 7) is 1.04. The third-order valence-corrected chi connectivity index (χ3v) is 3.30. The zero-order valence-corrected chi connectivity index (χ0v) is 10.4. The molecular weight excluding hydrogens is 277 g/mol. The van der Waals surface area contributed by atoms with Crippen molar-refractivity contribution in [2.75, 3.05) is 13.7 Å². The lowest BCUT2D eigenvalue weighted by atomic mass is 10.00. The summed E-state index contributed by atoms with van der Waals surface area (Å²) in [6, 6.07) is 3.24. The number of amides is 1. The van der Waals surface area contributed by atoms with E-state index in [0.29, 0.717) is 24.0 Å².